The summed E-state index contributed by atoms with van der Waals surface area (Å²) in [5.74, 6) is -0.250. The minimum Gasteiger partial charge on any atom is -0.394 e. The largest absolute Gasteiger partial charge is 0.394 e. The van der Waals surface area contributed by atoms with E-state index in [-0.39, 0.29) is 18.9 Å². The Kier molecular flexibility index (Phi) is 55.8. The zero-order chi connectivity index (χ0) is 65.2. The first kappa shape index (κ1) is 83.5. The van der Waals surface area contributed by atoms with E-state index < -0.39 is 86.8 Å². The second kappa shape index (κ2) is 60.1. The van der Waals surface area contributed by atoms with Crippen LogP contribution < -0.4 is 5.32 Å². The molecule has 2 heterocycles. The number of unbranched alkanes of at least 4 members (excludes halogenated alkanes) is 38. The van der Waals surface area contributed by atoms with Gasteiger partial charge in [0.05, 0.1) is 32.0 Å². The summed E-state index contributed by atoms with van der Waals surface area (Å²) in [4.78, 5) is 13.3. The quantitative estimate of drug-likeness (QED) is 0.0204. The van der Waals surface area contributed by atoms with Gasteiger partial charge >= 0.3 is 0 Å². The first-order valence-corrected chi connectivity index (χ1v) is 37.2. The van der Waals surface area contributed by atoms with E-state index in [9.17, 15) is 45.6 Å². The highest BCUT2D eigenvalue weighted by molar-refractivity contribution is 5.76. The Bertz CT molecular complexity index is 1790. The third-order valence-corrected chi connectivity index (χ3v) is 17.8. The molecule has 524 valence electrons. The molecule has 90 heavy (non-hydrogen) atoms. The molecule has 0 aromatic carbocycles. The summed E-state index contributed by atoms with van der Waals surface area (Å²) in [6, 6.07) is -0.941. The summed E-state index contributed by atoms with van der Waals surface area (Å²) in [5.41, 5.74) is 0. The number of aliphatic hydroxyl groups is 8. The monoisotopic (exact) mass is 1270 g/mol. The molecule has 2 saturated heterocycles. The molecule has 0 aromatic heterocycles. The van der Waals surface area contributed by atoms with Crippen molar-refractivity contribution in [2.45, 2.75) is 383 Å². The average molecular weight is 1270 g/mol. The molecule has 9 N–H and O–H groups in total. The normalized spacial score (nSPS) is 23.3. The number of aliphatic hydroxyl groups excluding tert-OH is 8. The highest BCUT2D eigenvalue weighted by Gasteiger charge is 2.51. The number of allylic oxidation sites excluding steroid dienone is 11. The van der Waals surface area contributed by atoms with Gasteiger partial charge < -0.3 is 65.1 Å². The van der Waals surface area contributed by atoms with Crippen LogP contribution >= 0.6 is 0 Å². The maximum atomic E-state index is 13.3. The fraction of sp³-hybridized carbons (Fsp3) is 0.829. The van der Waals surface area contributed by atoms with Crippen LogP contribution in [-0.2, 0) is 23.7 Å². The summed E-state index contributed by atoms with van der Waals surface area (Å²) in [7, 11) is 0. The predicted molar refractivity (Wildman–Crippen MR) is 369 cm³/mol. The summed E-state index contributed by atoms with van der Waals surface area (Å²) < 4.78 is 22.8. The molecular weight excluding hydrogens is 1130 g/mol. The molecule has 14 nitrogen and oxygen atoms in total. The molecule has 0 aliphatic carbocycles. The van der Waals surface area contributed by atoms with Gasteiger partial charge in [0.25, 0.3) is 0 Å². The van der Waals surface area contributed by atoms with Gasteiger partial charge in [0.1, 0.15) is 48.8 Å². The van der Waals surface area contributed by atoms with Crippen LogP contribution in [0, 0.1) is 0 Å². The van der Waals surface area contributed by atoms with Crippen molar-refractivity contribution in [1.82, 2.24) is 5.32 Å². The van der Waals surface area contributed by atoms with E-state index in [0.29, 0.717) is 12.8 Å². The van der Waals surface area contributed by atoms with Gasteiger partial charge in [-0.2, -0.15) is 0 Å². The molecule has 2 rings (SSSR count). The van der Waals surface area contributed by atoms with Crippen molar-refractivity contribution in [2.24, 2.45) is 0 Å². The minimum absolute atomic E-state index is 0.250. The Morgan fingerprint density at radius 2 is 0.744 bits per heavy atom. The number of rotatable bonds is 61. The van der Waals surface area contributed by atoms with Gasteiger partial charge in [0.2, 0.25) is 5.91 Å². The van der Waals surface area contributed by atoms with Gasteiger partial charge in [0, 0.05) is 6.42 Å². The molecular formula is C76H137NO13. The average Bonchev–Trinajstić information content (AvgIpc) is 1.28. The lowest BCUT2D eigenvalue weighted by Crippen LogP contribution is -2.65. The third-order valence-electron chi connectivity index (χ3n) is 17.8. The fourth-order valence-corrected chi connectivity index (χ4v) is 11.9. The molecule has 0 aromatic rings. The Balaban J connectivity index is 1.64. The lowest BCUT2D eigenvalue weighted by Gasteiger charge is -2.46. The van der Waals surface area contributed by atoms with Gasteiger partial charge in [-0.05, 0) is 83.5 Å². The number of nitrogens with one attached hydrogen (secondary N) is 1. The molecule has 0 saturated carbocycles. The standard InChI is InChI=1S/C76H137NO13/c1-3-5-7-9-11-13-15-17-19-21-23-25-26-27-28-29-30-31-32-33-34-35-36-37-38-40-42-44-46-48-50-52-54-56-58-60-68(81)77-64(65(80)59-57-55-53-51-49-47-45-43-41-39-24-22-20-18-16-14-12-10-8-6-4-2)63-87-75-73(86)71(84)74(67(62-79)89-75)90-76-72(85)70(83)69(82)66(61-78)88-76/h15,17,21,23,26-27,41,43,49,51,57,59,64-67,69-76,78-80,82-86H,3-14,16,18-20,22,24-25,28-40,42,44-48,50,52-56,58,60-63H2,1-2H3,(H,77,81)/b17-15-,23-21-,27-26-,43-41+,51-49+,59-57+. The van der Waals surface area contributed by atoms with Gasteiger partial charge in [0.15, 0.2) is 12.6 Å². The van der Waals surface area contributed by atoms with Crippen molar-refractivity contribution < 1.29 is 64.6 Å². The zero-order valence-corrected chi connectivity index (χ0v) is 57.1. The molecule has 0 spiro atoms. The SMILES string of the molecule is CCCCCCC/C=C\C/C=C\C/C=C\CCCCCCCCCCCCCCCCCCCCCCC(=O)NC(COC1OC(CO)C(OC2OC(CO)C(O)C(O)C2O)C(O)C1O)C(O)/C=C/CC/C=C/CC/C=C/CCCCCCCCCCCCC. The summed E-state index contributed by atoms with van der Waals surface area (Å²) in [6.07, 6.45) is 65.4. The zero-order valence-electron chi connectivity index (χ0n) is 57.1. The maximum Gasteiger partial charge on any atom is 0.220 e. The second-order valence-electron chi connectivity index (χ2n) is 26.1. The predicted octanol–water partition coefficient (Wildman–Crippen LogP) is 15.8. The molecule has 0 radical (unpaired) electrons. The van der Waals surface area contributed by atoms with Crippen LogP contribution in [0.15, 0.2) is 72.9 Å². The minimum atomic E-state index is -1.79. The van der Waals surface area contributed by atoms with Crippen LogP contribution in [0.4, 0.5) is 0 Å². The van der Waals surface area contributed by atoms with Crippen molar-refractivity contribution >= 4 is 5.91 Å². The third kappa shape index (κ3) is 43.4. The summed E-state index contributed by atoms with van der Waals surface area (Å²) in [6.45, 7) is 2.79. The van der Waals surface area contributed by atoms with E-state index >= 15 is 0 Å². The lowest BCUT2D eigenvalue weighted by atomic mass is 9.97. The van der Waals surface area contributed by atoms with Gasteiger partial charge in [-0.1, -0.05) is 292 Å². The number of carbonyl (C=O) groups excluding carboxylic acids is 1. The van der Waals surface area contributed by atoms with Crippen molar-refractivity contribution in [2.75, 3.05) is 19.8 Å². The molecule has 12 atom stereocenters. The van der Waals surface area contributed by atoms with Gasteiger partial charge in [-0.3, -0.25) is 4.79 Å². The van der Waals surface area contributed by atoms with Crippen molar-refractivity contribution in [3.63, 3.8) is 0 Å². The smallest absolute Gasteiger partial charge is 0.220 e. The van der Waals surface area contributed by atoms with E-state index in [1.807, 2.05) is 6.08 Å². The van der Waals surface area contributed by atoms with Crippen LogP contribution in [0.1, 0.15) is 309 Å². The Hall–Kier alpha value is -2.57. The lowest BCUT2D eigenvalue weighted by molar-refractivity contribution is -0.359. The summed E-state index contributed by atoms with van der Waals surface area (Å²) in [5, 5.41) is 87.4. The van der Waals surface area contributed by atoms with Crippen molar-refractivity contribution in [3.8, 4) is 0 Å². The summed E-state index contributed by atoms with van der Waals surface area (Å²) >= 11 is 0. The second-order valence-corrected chi connectivity index (χ2v) is 26.1. The van der Waals surface area contributed by atoms with E-state index in [4.69, 9.17) is 18.9 Å². The number of hydrogen-bond acceptors (Lipinski definition) is 13. The van der Waals surface area contributed by atoms with Crippen molar-refractivity contribution in [1.29, 1.82) is 0 Å². The van der Waals surface area contributed by atoms with Crippen LogP contribution in [-0.4, -0.2) is 140 Å². The van der Waals surface area contributed by atoms with Gasteiger partial charge in [-0.15, -0.1) is 0 Å². The Labute approximate surface area is 548 Å². The number of carbonyl (C=O) groups is 1. The topological polar surface area (TPSA) is 228 Å². The highest BCUT2D eigenvalue weighted by atomic mass is 16.7. The molecule has 14 heteroatoms. The first-order valence-electron chi connectivity index (χ1n) is 37.2. The van der Waals surface area contributed by atoms with Crippen LogP contribution in [0.3, 0.4) is 0 Å². The van der Waals surface area contributed by atoms with Gasteiger partial charge in [-0.25, -0.2) is 0 Å². The van der Waals surface area contributed by atoms with Crippen LogP contribution in [0.5, 0.6) is 0 Å². The number of ether oxygens (including phenoxy) is 4. The number of hydrogen-bond donors (Lipinski definition) is 9. The maximum absolute atomic E-state index is 13.3. The van der Waals surface area contributed by atoms with E-state index in [2.05, 4.69) is 79.9 Å². The number of amides is 1. The molecule has 2 aliphatic rings. The highest BCUT2D eigenvalue weighted by Crippen LogP contribution is 2.30. The van der Waals surface area contributed by atoms with Crippen LogP contribution in [0.2, 0.25) is 0 Å². The molecule has 2 aliphatic heterocycles. The first-order chi connectivity index (χ1) is 44.1. The van der Waals surface area contributed by atoms with E-state index in [1.54, 1.807) is 6.08 Å². The Morgan fingerprint density at radius 1 is 0.400 bits per heavy atom. The molecule has 2 fully saturated rings. The molecule has 1 amide bonds. The van der Waals surface area contributed by atoms with E-state index in [0.717, 1.165) is 57.8 Å². The van der Waals surface area contributed by atoms with Crippen molar-refractivity contribution in [3.05, 3.63) is 72.9 Å². The van der Waals surface area contributed by atoms with Crippen LogP contribution in [0.25, 0.3) is 0 Å². The van der Waals surface area contributed by atoms with E-state index in [1.165, 1.54) is 218 Å². The fourth-order valence-electron chi connectivity index (χ4n) is 11.9. The molecule has 0 bridgehead atoms. The molecule has 12 unspecified atom stereocenters. The Morgan fingerprint density at radius 3 is 1.17 bits per heavy atom.